The van der Waals surface area contributed by atoms with Gasteiger partial charge in [-0.15, -0.1) is 0 Å². The van der Waals surface area contributed by atoms with E-state index in [-0.39, 0.29) is 23.6 Å². The monoisotopic (exact) mass is 314 g/mol. The highest BCUT2D eigenvalue weighted by Gasteiger charge is 2.33. The molecule has 2 aromatic rings. The third kappa shape index (κ3) is 3.59. The number of benzene rings is 1. The molecule has 0 bridgehead atoms. The Kier molecular flexibility index (Phi) is 4.75. The number of rotatable bonds is 5. The number of alkyl halides is 3. The molecule has 7 heteroatoms. The van der Waals surface area contributed by atoms with Crippen LogP contribution >= 0.6 is 0 Å². The summed E-state index contributed by atoms with van der Waals surface area (Å²) in [6.07, 6.45) is -3.36. The van der Waals surface area contributed by atoms with Gasteiger partial charge < -0.3 is 15.4 Å². The number of H-pyrrole nitrogens is 1. The van der Waals surface area contributed by atoms with E-state index in [2.05, 4.69) is 10.3 Å². The molecule has 22 heavy (non-hydrogen) atoms. The predicted molar refractivity (Wildman–Crippen MR) is 79.0 cm³/mol. The van der Waals surface area contributed by atoms with Crippen molar-refractivity contribution in [3.63, 3.8) is 0 Å². The quantitative estimate of drug-likeness (QED) is 0.794. The zero-order valence-electron chi connectivity index (χ0n) is 12.0. The van der Waals surface area contributed by atoms with Gasteiger partial charge in [0, 0.05) is 35.3 Å². The molecule has 3 N–H and O–H groups in total. The first-order valence-electron chi connectivity index (χ1n) is 6.96. The Hall–Kier alpha value is -2.02. The van der Waals surface area contributed by atoms with E-state index < -0.39 is 17.3 Å². The van der Waals surface area contributed by atoms with Crippen LogP contribution in [0, 0.1) is 0 Å². The molecule has 4 nitrogen and oxygen atoms in total. The predicted octanol–water partition coefficient (Wildman–Crippen LogP) is 3.12. The molecule has 0 saturated carbocycles. The Morgan fingerprint density at radius 2 is 2.05 bits per heavy atom. The van der Waals surface area contributed by atoms with Crippen LogP contribution < -0.4 is 10.9 Å². The number of nitrogens with one attached hydrogen (secondary N) is 2. The van der Waals surface area contributed by atoms with Crippen LogP contribution in [0.2, 0.25) is 0 Å². The van der Waals surface area contributed by atoms with E-state index in [0.717, 1.165) is 6.42 Å². The van der Waals surface area contributed by atoms with Gasteiger partial charge in [-0.1, -0.05) is 6.92 Å². The minimum Gasteiger partial charge on any atom is -0.396 e. The van der Waals surface area contributed by atoms with Gasteiger partial charge in [0.05, 0.1) is 5.56 Å². The lowest BCUT2D eigenvalue weighted by Gasteiger charge is -2.18. The van der Waals surface area contributed by atoms with Gasteiger partial charge in [0.2, 0.25) is 5.56 Å². The first-order chi connectivity index (χ1) is 10.3. The van der Waals surface area contributed by atoms with Crippen LogP contribution in [0.5, 0.6) is 0 Å². The maximum atomic E-state index is 13.1. The fourth-order valence-corrected chi connectivity index (χ4v) is 2.35. The summed E-state index contributed by atoms with van der Waals surface area (Å²) >= 11 is 0. The number of halogens is 3. The SMILES string of the molecule is CCC(CCO)Nc1ccc2[nH]c(=O)cc(C(F)(F)F)c2c1. The van der Waals surface area contributed by atoms with Crippen LogP contribution in [0.1, 0.15) is 25.3 Å². The van der Waals surface area contributed by atoms with Crippen molar-refractivity contribution in [2.75, 3.05) is 11.9 Å². The zero-order valence-corrected chi connectivity index (χ0v) is 12.0. The summed E-state index contributed by atoms with van der Waals surface area (Å²) in [6, 6.07) is 4.96. The summed E-state index contributed by atoms with van der Waals surface area (Å²) in [6.45, 7) is 1.92. The number of hydrogen-bond acceptors (Lipinski definition) is 3. The minimum absolute atomic E-state index is 0.000207. The van der Waals surface area contributed by atoms with Gasteiger partial charge in [0.25, 0.3) is 0 Å². The first-order valence-corrected chi connectivity index (χ1v) is 6.96. The highest BCUT2D eigenvalue weighted by Crippen LogP contribution is 2.34. The van der Waals surface area contributed by atoms with Crippen molar-refractivity contribution in [1.29, 1.82) is 0 Å². The van der Waals surface area contributed by atoms with Crippen molar-refractivity contribution < 1.29 is 18.3 Å². The lowest BCUT2D eigenvalue weighted by atomic mass is 10.1. The van der Waals surface area contributed by atoms with Crippen molar-refractivity contribution in [1.82, 2.24) is 4.98 Å². The molecule has 0 radical (unpaired) electrons. The highest BCUT2D eigenvalue weighted by molar-refractivity contribution is 5.85. The topological polar surface area (TPSA) is 65.1 Å². The van der Waals surface area contributed by atoms with Crippen LogP contribution in [0.25, 0.3) is 10.9 Å². The van der Waals surface area contributed by atoms with E-state index in [0.29, 0.717) is 18.2 Å². The highest BCUT2D eigenvalue weighted by atomic mass is 19.4. The van der Waals surface area contributed by atoms with Crippen molar-refractivity contribution in [3.05, 3.63) is 40.2 Å². The molecule has 0 aliphatic rings. The molecule has 1 atom stereocenters. The van der Waals surface area contributed by atoms with E-state index in [1.54, 1.807) is 6.07 Å². The second-order valence-corrected chi connectivity index (χ2v) is 5.07. The van der Waals surface area contributed by atoms with Crippen molar-refractivity contribution in [2.24, 2.45) is 0 Å². The number of anilines is 1. The number of pyridine rings is 1. The molecule has 1 heterocycles. The second-order valence-electron chi connectivity index (χ2n) is 5.07. The Morgan fingerprint density at radius 3 is 2.64 bits per heavy atom. The standard InChI is InChI=1S/C15H17F3N2O2/c1-2-9(5-6-21)19-10-3-4-13-11(7-10)12(15(16,17)18)8-14(22)20-13/h3-4,7-9,19,21H,2,5-6H2,1H3,(H,20,22). The molecule has 2 rings (SSSR count). The molecule has 120 valence electrons. The van der Waals surface area contributed by atoms with E-state index >= 15 is 0 Å². The Labute approximate surface area is 125 Å². The number of aliphatic hydroxyl groups excluding tert-OH is 1. The third-order valence-corrected chi connectivity index (χ3v) is 3.49. The number of fused-ring (bicyclic) bond motifs is 1. The number of aromatic nitrogens is 1. The Bertz CT molecular complexity index is 710. The molecule has 0 saturated heterocycles. The second kappa shape index (κ2) is 6.39. The lowest BCUT2D eigenvalue weighted by molar-refractivity contribution is -0.136. The van der Waals surface area contributed by atoms with Gasteiger partial charge in [-0.05, 0) is 31.0 Å². The Morgan fingerprint density at radius 1 is 1.32 bits per heavy atom. The molecule has 0 amide bonds. The molecule has 1 aromatic carbocycles. The fourth-order valence-electron chi connectivity index (χ4n) is 2.35. The van der Waals surface area contributed by atoms with Gasteiger partial charge in [0.15, 0.2) is 0 Å². The van der Waals surface area contributed by atoms with Gasteiger partial charge in [-0.25, -0.2) is 0 Å². The number of aromatic amines is 1. The molecule has 0 aliphatic heterocycles. The maximum Gasteiger partial charge on any atom is 0.417 e. The van der Waals surface area contributed by atoms with Gasteiger partial charge in [0.1, 0.15) is 0 Å². The molecule has 1 aromatic heterocycles. The summed E-state index contributed by atoms with van der Waals surface area (Å²) in [5.41, 5.74) is -1.08. The summed E-state index contributed by atoms with van der Waals surface area (Å²) in [5.74, 6) is 0. The van der Waals surface area contributed by atoms with Crippen LogP contribution in [0.3, 0.4) is 0 Å². The summed E-state index contributed by atoms with van der Waals surface area (Å²) in [4.78, 5) is 13.7. The molecule has 0 aliphatic carbocycles. The van der Waals surface area contributed by atoms with Crippen molar-refractivity contribution >= 4 is 16.6 Å². The summed E-state index contributed by atoms with van der Waals surface area (Å²) < 4.78 is 39.2. The van der Waals surface area contributed by atoms with Gasteiger partial charge >= 0.3 is 6.18 Å². The average Bonchev–Trinajstić information content (AvgIpc) is 2.45. The molecular formula is C15H17F3N2O2. The van der Waals surface area contributed by atoms with Gasteiger partial charge in [-0.2, -0.15) is 13.2 Å². The zero-order chi connectivity index (χ0) is 16.3. The summed E-state index contributed by atoms with van der Waals surface area (Å²) in [5, 5.41) is 12.0. The number of aliphatic hydroxyl groups is 1. The van der Waals surface area contributed by atoms with Crippen LogP contribution in [-0.2, 0) is 6.18 Å². The maximum absolute atomic E-state index is 13.1. The Balaban J connectivity index is 2.49. The largest absolute Gasteiger partial charge is 0.417 e. The third-order valence-electron chi connectivity index (χ3n) is 3.49. The van der Waals surface area contributed by atoms with Crippen LogP contribution in [0.15, 0.2) is 29.1 Å². The number of hydrogen-bond donors (Lipinski definition) is 3. The van der Waals surface area contributed by atoms with Crippen LogP contribution in [0.4, 0.5) is 18.9 Å². The smallest absolute Gasteiger partial charge is 0.396 e. The van der Waals surface area contributed by atoms with E-state index in [1.165, 1.54) is 12.1 Å². The molecule has 0 spiro atoms. The minimum atomic E-state index is -4.60. The van der Waals surface area contributed by atoms with E-state index in [4.69, 9.17) is 5.11 Å². The average molecular weight is 314 g/mol. The fraction of sp³-hybridized carbons (Fsp3) is 0.400. The summed E-state index contributed by atoms with van der Waals surface area (Å²) in [7, 11) is 0. The van der Waals surface area contributed by atoms with E-state index in [9.17, 15) is 18.0 Å². The molecular weight excluding hydrogens is 297 g/mol. The molecule has 1 unspecified atom stereocenters. The van der Waals surface area contributed by atoms with Crippen molar-refractivity contribution in [2.45, 2.75) is 32.0 Å². The van der Waals surface area contributed by atoms with E-state index in [1.807, 2.05) is 6.92 Å². The van der Waals surface area contributed by atoms with Gasteiger partial charge in [-0.3, -0.25) is 4.79 Å². The first kappa shape index (κ1) is 16.4. The molecule has 0 fully saturated rings. The normalized spacial score (nSPS) is 13.3. The van der Waals surface area contributed by atoms with Crippen LogP contribution in [-0.4, -0.2) is 22.7 Å². The van der Waals surface area contributed by atoms with Crippen molar-refractivity contribution in [3.8, 4) is 0 Å². The lowest BCUT2D eigenvalue weighted by Crippen LogP contribution is -2.20.